The van der Waals surface area contributed by atoms with E-state index in [1.54, 1.807) is 12.1 Å². The van der Waals surface area contributed by atoms with Crippen LogP contribution < -0.4 is 0 Å². The van der Waals surface area contributed by atoms with Crippen LogP contribution in [-0.2, 0) is 27.4 Å². The Morgan fingerprint density at radius 3 is 2.03 bits per heavy atom. The summed E-state index contributed by atoms with van der Waals surface area (Å²) in [5.41, 5.74) is 2.31. The van der Waals surface area contributed by atoms with Crippen molar-refractivity contribution in [1.29, 1.82) is 0 Å². The molecule has 1 aromatic heterocycles. The van der Waals surface area contributed by atoms with E-state index < -0.39 is 24.3 Å². The standard InChI is InChI=1S/C19H22FN3O.2C2HF3O2/c20-17-3-1-2-16(10-17)11-22-13-18-19(14-22)24-9-8-23(18)12-15-4-6-21-7-5-15;2*3-2(4,5)1(6)7/h1-7,10,18-19H,8-9,11-14H2;2*(H,6,7)/t18-,19+;;/m1../s1. The van der Waals surface area contributed by atoms with Gasteiger partial charge in [-0.05, 0) is 35.4 Å². The number of carboxylic acid groups (broad SMARTS) is 2. The van der Waals surface area contributed by atoms with Gasteiger partial charge >= 0.3 is 24.3 Å². The van der Waals surface area contributed by atoms with Crippen LogP contribution in [0.15, 0.2) is 48.8 Å². The lowest BCUT2D eigenvalue weighted by Gasteiger charge is -2.36. The number of alkyl halides is 6. The number of nitrogens with zero attached hydrogens (tertiary/aromatic N) is 3. The van der Waals surface area contributed by atoms with Crippen molar-refractivity contribution in [3.05, 3.63) is 65.7 Å². The van der Waals surface area contributed by atoms with Crippen molar-refractivity contribution in [3.8, 4) is 0 Å². The third kappa shape index (κ3) is 10.2. The number of carboxylic acids is 2. The van der Waals surface area contributed by atoms with Gasteiger partial charge in [-0.2, -0.15) is 26.3 Å². The van der Waals surface area contributed by atoms with E-state index in [4.69, 9.17) is 24.5 Å². The predicted molar refractivity (Wildman–Crippen MR) is 117 cm³/mol. The number of carbonyl (C=O) groups is 2. The molecule has 15 heteroatoms. The van der Waals surface area contributed by atoms with Crippen LogP contribution in [0.3, 0.4) is 0 Å². The van der Waals surface area contributed by atoms with E-state index in [0.29, 0.717) is 6.04 Å². The zero-order valence-corrected chi connectivity index (χ0v) is 19.6. The normalized spacial score (nSPS) is 19.9. The molecule has 2 saturated heterocycles. The fourth-order valence-corrected chi connectivity index (χ4v) is 3.78. The van der Waals surface area contributed by atoms with E-state index in [9.17, 15) is 30.7 Å². The summed E-state index contributed by atoms with van der Waals surface area (Å²) in [5, 5.41) is 14.2. The molecular formula is C23H24F7N3O5. The zero-order chi connectivity index (χ0) is 28.5. The maximum absolute atomic E-state index is 13.4. The first-order valence-electron chi connectivity index (χ1n) is 11.0. The highest BCUT2D eigenvalue weighted by Crippen LogP contribution is 2.26. The maximum Gasteiger partial charge on any atom is 0.490 e. The van der Waals surface area contributed by atoms with Gasteiger partial charge in [-0.25, -0.2) is 14.0 Å². The van der Waals surface area contributed by atoms with Crippen molar-refractivity contribution in [1.82, 2.24) is 14.8 Å². The van der Waals surface area contributed by atoms with E-state index in [0.717, 1.165) is 44.9 Å². The molecule has 4 rings (SSSR count). The molecule has 2 atom stereocenters. The Bertz CT molecular complexity index is 1030. The van der Waals surface area contributed by atoms with Crippen LogP contribution in [0.4, 0.5) is 30.7 Å². The number of likely N-dealkylation sites (tertiary alicyclic amines) is 1. The van der Waals surface area contributed by atoms with Gasteiger partial charge in [0.15, 0.2) is 0 Å². The third-order valence-electron chi connectivity index (χ3n) is 5.41. The number of morpholine rings is 1. The minimum absolute atomic E-state index is 0.167. The van der Waals surface area contributed by atoms with Gasteiger partial charge in [0.1, 0.15) is 5.82 Å². The highest BCUT2D eigenvalue weighted by Gasteiger charge is 2.40. The number of benzene rings is 1. The number of hydrogen-bond acceptors (Lipinski definition) is 6. The molecule has 0 spiro atoms. The van der Waals surface area contributed by atoms with Crippen molar-refractivity contribution in [2.75, 3.05) is 26.2 Å². The SMILES string of the molecule is Fc1cccc(CN2C[C@@H]3OCCN(Cc4ccncc4)[C@@H]3C2)c1.O=C(O)C(F)(F)F.O=C(O)C(F)(F)F. The van der Waals surface area contributed by atoms with Crippen LogP contribution in [0, 0.1) is 5.82 Å². The van der Waals surface area contributed by atoms with E-state index in [1.807, 2.05) is 18.5 Å². The summed E-state index contributed by atoms with van der Waals surface area (Å²) in [6.07, 6.45) is -6.23. The molecule has 2 fully saturated rings. The Labute approximate surface area is 212 Å². The van der Waals surface area contributed by atoms with Crippen LogP contribution in [0.2, 0.25) is 0 Å². The van der Waals surface area contributed by atoms with Crippen LogP contribution in [0.1, 0.15) is 11.1 Å². The molecule has 0 amide bonds. The van der Waals surface area contributed by atoms with Gasteiger partial charge in [-0.15, -0.1) is 0 Å². The number of fused-ring (bicyclic) bond motifs is 1. The zero-order valence-electron chi connectivity index (χ0n) is 19.6. The molecule has 0 bridgehead atoms. The second-order valence-electron chi connectivity index (χ2n) is 8.23. The summed E-state index contributed by atoms with van der Waals surface area (Å²) in [6, 6.07) is 11.4. The first-order chi connectivity index (χ1) is 17.7. The lowest BCUT2D eigenvalue weighted by molar-refractivity contribution is -0.193. The fraction of sp³-hybridized carbons (Fsp3) is 0.435. The van der Waals surface area contributed by atoms with Crippen molar-refractivity contribution >= 4 is 11.9 Å². The van der Waals surface area contributed by atoms with Crippen molar-refractivity contribution in [2.24, 2.45) is 0 Å². The highest BCUT2D eigenvalue weighted by molar-refractivity contribution is 5.73. The number of hydrogen-bond donors (Lipinski definition) is 2. The van der Waals surface area contributed by atoms with Crippen LogP contribution in [-0.4, -0.2) is 87.7 Å². The summed E-state index contributed by atoms with van der Waals surface area (Å²) in [4.78, 5) is 26.8. The van der Waals surface area contributed by atoms with E-state index in [-0.39, 0.29) is 11.9 Å². The first kappa shape index (κ1) is 30.9. The largest absolute Gasteiger partial charge is 0.490 e. The second-order valence-corrected chi connectivity index (χ2v) is 8.23. The monoisotopic (exact) mass is 555 g/mol. The molecule has 0 saturated carbocycles. The minimum Gasteiger partial charge on any atom is -0.475 e. The smallest absolute Gasteiger partial charge is 0.475 e. The molecule has 3 heterocycles. The molecule has 2 N–H and O–H groups in total. The molecule has 0 aliphatic carbocycles. The molecule has 210 valence electrons. The van der Waals surface area contributed by atoms with E-state index in [1.165, 1.54) is 11.6 Å². The van der Waals surface area contributed by atoms with Crippen LogP contribution >= 0.6 is 0 Å². The lowest BCUT2D eigenvalue weighted by atomic mass is 10.1. The third-order valence-corrected chi connectivity index (χ3v) is 5.41. The summed E-state index contributed by atoms with van der Waals surface area (Å²) < 4.78 is 82.8. The first-order valence-corrected chi connectivity index (χ1v) is 11.0. The quantitative estimate of drug-likeness (QED) is 0.553. The Kier molecular flexibility index (Phi) is 11.0. The predicted octanol–water partition coefficient (Wildman–Crippen LogP) is 3.57. The molecule has 0 unspecified atom stereocenters. The fourth-order valence-electron chi connectivity index (χ4n) is 3.78. The average molecular weight is 555 g/mol. The van der Waals surface area contributed by atoms with Gasteiger partial charge in [0.25, 0.3) is 0 Å². The number of aromatic nitrogens is 1. The Morgan fingerprint density at radius 1 is 0.921 bits per heavy atom. The molecule has 38 heavy (non-hydrogen) atoms. The van der Waals surface area contributed by atoms with E-state index >= 15 is 0 Å². The minimum atomic E-state index is -5.08. The molecule has 8 nitrogen and oxygen atoms in total. The number of pyridine rings is 1. The summed E-state index contributed by atoms with van der Waals surface area (Å²) in [6.45, 7) is 5.32. The summed E-state index contributed by atoms with van der Waals surface area (Å²) in [5.74, 6) is -5.68. The number of halogens is 7. The van der Waals surface area contributed by atoms with E-state index in [2.05, 4.69) is 26.9 Å². The van der Waals surface area contributed by atoms with Gasteiger partial charge in [-0.1, -0.05) is 12.1 Å². The van der Waals surface area contributed by atoms with Gasteiger partial charge in [0.05, 0.1) is 18.8 Å². The summed E-state index contributed by atoms with van der Waals surface area (Å²) >= 11 is 0. The molecule has 2 aliphatic heterocycles. The van der Waals surface area contributed by atoms with Crippen molar-refractivity contribution in [3.63, 3.8) is 0 Å². The molecule has 0 radical (unpaired) electrons. The Balaban J connectivity index is 0.000000301. The Morgan fingerprint density at radius 2 is 1.50 bits per heavy atom. The highest BCUT2D eigenvalue weighted by atomic mass is 19.4. The van der Waals surface area contributed by atoms with Crippen LogP contribution in [0.25, 0.3) is 0 Å². The van der Waals surface area contributed by atoms with Crippen molar-refractivity contribution in [2.45, 2.75) is 37.6 Å². The topological polar surface area (TPSA) is 103 Å². The van der Waals surface area contributed by atoms with Gasteiger partial charge in [0.2, 0.25) is 0 Å². The Hall–Kier alpha value is -3.30. The lowest BCUT2D eigenvalue weighted by Crippen LogP contribution is -2.50. The second kappa shape index (κ2) is 13.5. The maximum atomic E-state index is 13.4. The number of aliphatic carboxylic acids is 2. The number of rotatable bonds is 4. The summed E-state index contributed by atoms with van der Waals surface area (Å²) in [7, 11) is 0. The molecule has 2 aliphatic rings. The van der Waals surface area contributed by atoms with Gasteiger partial charge in [0, 0.05) is 45.1 Å². The molecule has 2 aromatic rings. The van der Waals surface area contributed by atoms with Crippen LogP contribution in [0.5, 0.6) is 0 Å². The molecular weight excluding hydrogens is 531 g/mol. The van der Waals surface area contributed by atoms with Gasteiger partial charge in [-0.3, -0.25) is 14.8 Å². The average Bonchev–Trinajstić information content (AvgIpc) is 3.23. The number of ether oxygens (including phenoxy) is 1. The van der Waals surface area contributed by atoms with Gasteiger partial charge < -0.3 is 14.9 Å². The molecule has 1 aromatic carbocycles. The van der Waals surface area contributed by atoms with Crippen molar-refractivity contribution < 1.29 is 55.3 Å².